The molecular formula is C14H14F2N2. The highest BCUT2D eigenvalue weighted by molar-refractivity contribution is 5.31. The summed E-state index contributed by atoms with van der Waals surface area (Å²) in [6.45, 7) is 1.71. The summed E-state index contributed by atoms with van der Waals surface area (Å²) < 4.78 is 26.1. The number of halogens is 2. The Balaban J connectivity index is 2.38. The lowest BCUT2D eigenvalue weighted by molar-refractivity contribution is 0.605. The molecule has 2 rings (SSSR count). The van der Waals surface area contributed by atoms with E-state index in [0.29, 0.717) is 11.3 Å². The first-order chi connectivity index (χ1) is 8.61. The molecule has 2 nitrogen and oxygen atoms in total. The largest absolute Gasteiger partial charge is 0.308 e. The highest BCUT2D eigenvalue weighted by Crippen LogP contribution is 2.22. The molecule has 2 aromatic rings. The van der Waals surface area contributed by atoms with Gasteiger partial charge in [-0.1, -0.05) is 12.1 Å². The molecule has 4 heteroatoms. The molecule has 18 heavy (non-hydrogen) atoms. The Kier molecular flexibility index (Phi) is 3.67. The van der Waals surface area contributed by atoms with E-state index in [9.17, 15) is 8.78 Å². The molecule has 1 atom stereocenters. The Morgan fingerprint density at radius 1 is 1.17 bits per heavy atom. The van der Waals surface area contributed by atoms with Crippen molar-refractivity contribution in [3.8, 4) is 0 Å². The van der Waals surface area contributed by atoms with Gasteiger partial charge in [0.15, 0.2) is 0 Å². The number of benzene rings is 1. The van der Waals surface area contributed by atoms with Gasteiger partial charge in [-0.3, -0.25) is 4.98 Å². The number of nitrogens with one attached hydrogen (secondary N) is 1. The Hall–Kier alpha value is -1.81. The van der Waals surface area contributed by atoms with Crippen LogP contribution in [0.4, 0.5) is 8.78 Å². The molecule has 1 aromatic heterocycles. The third kappa shape index (κ3) is 2.54. The number of nitrogens with zero attached hydrogens (tertiary/aromatic N) is 1. The lowest BCUT2D eigenvalue weighted by Crippen LogP contribution is -2.19. The third-order valence-corrected chi connectivity index (χ3v) is 2.85. The van der Waals surface area contributed by atoms with Crippen molar-refractivity contribution in [3.63, 3.8) is 0 Å². The fourth-order valence-electron chi connectivity index (χ4n) is 1.89. The van der Waals surface area contributed by atoms with Crippen LogP contribution < -0.4 is 5.32 Å². The van der Waals surface area contributed by atoms with Gasteiger partial charge in [-0.25, -0.2) is 8.78 Å². The number of rotatable bonds is 3. The van der Waals surface area contributed by atoms with Gasteiger partial charge >= 0.3 is 0 Å². The number of hydrogen-bond donors (Lipinski definition) is 1. The van der Waals surface area contributed by atoms with Gasteiger partial charge in [0, 0.05) is 0 Å². The standard InChI is InChI=1S/C14H14F2N2/c1-9-7-10(3-5-12(9)16)14(17-2)13-6-4-11(15)8-18-13/h3-8,14,17H,1-2H3. The zero-order valence-electron chi connectivity index (χ0n) is 10.2. The van der Waals surface area contributed by atoms with Crippen LogP contribution >= 0.6 is 0 Å². The van der Waals surface area contributed by atoms with E-state index in [0.717, 1.165) is 5.56 Å². The van der Waals surface area contributed by atoms with E-state index < -0.39 is 0 Å². The molecule has 0 fully saturated rings. The van der Waals surface area contributed by atoms with E-state index in [-0.39, 0.29) is 17.7 Å². The monoisotopic (exact) mass is 248 g/mol. The van der Waals surface area contributed by atoms with Gasteiger partial charge in [0.2, 0.25) is 0 Å². The van der Waals surface area contributed by atoms with Crippen molar-refractivity contribution in [1.29, 1.82) is 0 Å². The second-order valence-corrected chi connectivity index (χ2v) is 4.13. The van der Waals surface area contributed by atoms with Gasteiger partial charge in [0.05, 0.1) is 17.9 Å². The summed E-state index contributed by atoms with van der Waals surface area (Å²) in [5, 5.41) is 3.09. The van der Waals surface area contributed by atoms with E-state index in [1.165, 1.54) is 18.3 Å². The average molecular weight is 248 g/mol. The molecular weight excluding hydrogens is 234 g/mol. The van der Waals surface area contributed by atoms with Gasteiger partial charge in [0.1, 0.15) is 11.6 Å². The summed E-state index contributed by atoms with van der Waals surface area (Å²) in [5.74, 6) is -0.607. The Labute approximate surface area is 105 Å². The van der Waals surface area contributed by atoms with Crippen LogP contribution in [0.25, 0.3) is 0 Å². The maximum atomic E-state index is 13.2. The van der Waals surface area contributed by atoms with Gasteiger partial charge < -0.3 is 5.32 Å². The molecule has 0 aliphatic rings. The van der Waals surface area contributed by atoms with Crippen molar-refractivity contribution in [1.82, 2.24) is 10.3 Å². The van der Waals surface area contributed by atoms with E-state index in [1.54, 1.807) is 32.2 Å². The lowest BCUT2D eigenvalue weighted by atomic mass is 10.0. The molecule has 1 N–H and O–H groups in total. The first-order valence-electron chi connectivity index (χ1n) is 5.66. The maximum absolute atomic E-state index is 13.2. The molecule has 1 unspecified atom stereocenters. The van der Waals surface area contributed by atoms with Gasteiger partial charge in [-0.2, -0.15) is 0 Å². The number of aryl methyl sites for hydroxylation is 1. The van der Waals surface area contributed by atoms with E-state index in [1.807, 2.05) is 0 Å². The highest BCUT2D eigenvalue weighted by atomic mass is 19.1. The molecule has 1 aromatic carbocycles. The van der Waals surface area contributed by atoms with Crippen LogP contribution in [-0.4, -0.2) is 12.0 Å². The summed E-state index contributed by atoms with van der Waals surface area (Å²) in [5.41, 5.74) is 2.18. The van der Waals surface area contributed by atoms with Crippen LogP contribution in [0.2, 0.25) is 0 Å². The smallest absolute Gasteiger partial charge is 0.141 e. The van der Waals surface area contributed by atoms with E-state index in [2.05, 4.69) is 10.3 Å². The van der Waals surface area contributed by atoms with Crippen LogP contribution in [-0.2, 0) is 0 Å². The Bertz CT molecular complexity index is 538. The second kappa shape index (κ2) is 5.23. The van der Waals surface area contributed by atoms with Crippen molar-refractivity contribution in [3.05, 3.63) is 65.0 Å². The van der Waals surface area contributed by atoms with Crippen LogP contribution in [0.1, 0.15) is 22.9 Å². The third-order valence-electron chi connectivity index (χ3n) is 2.85. The molecule has 0 bridgehead atoms. The first kappa shape index (κ1) is 12.6. The van der Waals surface area contributed by atoms with E-state index >= 15 is 0 Å². The predicted molar refractivity (Wildman–Crippen MR) is 66.2 cm³/mol. The molecule has 1 heterocycles. The number of hydrogen-bond acceptors (Lipinski definition) is 2. The molecule has 0 spiro atoms. The fraction of sp³-hybridized carbons (Fsp3) is 0.214. The summed E-state index contributed by atoms with van der Waals surface area (Å²) in [6.07, 6.45) is 1.18. The maximum Gasteiger partial charge on any atom is 0.141 e. The van der Waals surface area contributed by atoms with Crippen molar-refractivity contribution < 1.29 is 8.78 Å². The number of pyridine rings is 1. The summed E-state index contributed by atoms with van der Waals surface area (Å²) in [7, 11) is 1.79. The first-order valence-corrected chi connectivity index (χ1v) is 5.66. The minimum atomic E-state index is -0.371. The van der Waals surface area contributed by atoms with E-state index in [4.69, 9.17) is 0 Å². The molecule has 0 amide bonds. The summed E-state index contributed by atoms with van der Waals surface area (Å²) >= 11 is 0. The molecule has 0 aliphatic heterocycles. The van der Waals surface area contributed by atoms with Crippen molar-refractivity contribution in [2.45, 2.75) is 13.0 Å². The van der Waals surface area contributed by atoms with Crippen LogP contribution in [0.3, 0.4) is 0 Å². The quantitative estimate of drug-likeness (QED) is 0.903. The highest BCUT2D eigenvalue weighted by Gasteiger charge is 2.14. The second-order valence-electron chi connectivity index (χ2n) is 4.13. The lowest BCUT2D eigenvalue weighted by Gasteiger charge is -2.16. The fourth-order valence-corrected chi connectivity index (χ4v) is 1.89. The molecule has 0 radical (unpaired) electrons. The van der Waals surface area contributed by atoms with Gasteiger partial charge in [-0.05, 0) is 43.3 Å². The van der Waals surface area contributed by atoms with Crippen LogP contribution in [0.15, 0.2) is 36.5 Å². The minimum absolute atomic E-state index is 0.176. The topological polar surface area (TPSA) is 24.9 Å². The van der Waals surface area contributed by atoms with Gasteiger partial charge in [0.25, 0.3) is 0 Å². The van der Waals surface area contributed by atoms with Crippen LogP contribution in [0.5, 0.6) is 0 Å². The summed E-state index contributed by atoms with van der Waals surface area (Å²) in [4.78, 5) is 4.05. The Morgan fingerprint density at radius 2 is 1.94 bits per heavy atom. The Morgan fingerprint density at radius 3 is 2.50 bits per heavy atom. The zero-order chi connectivity index (χ0) is 13.1. The molecule has 0 saturated heterocycles. The zero-order valence-corrected chi connectivity index (χ0v) is 10.2. The van der Waals surface area contributed by atoms with Crippen molar-refractivity contribution in [2.75, 3.05) is 7.05 Å². The predicted octanol–water partition coefficient (Wildman–Crippen LogP) is 2.98. The average Bonchev–Trinajstić information content (AvgIpc) is 2.37. The minimum Gasteiger partial charge on any atom is -0.308 e. The molecule has 0 saturated carbocycles. The summed E-state index contributed by atoms with van der Waals surface area (Å²) in [6, 6.07) is 7.71. The van der Waals surface area contributed by atoms with Gasteiger partial charge in [-0.15, -0.1) is 0 Å². The SMILES string of the molecule is CNC(c1ccc(F)c(C)c1)c1ccc(F)cn1. The molecule has 94 valence electrons. The van der Waals surface area contributed by atoms with Crippen molar-refractivity contribution >= 4 is 0 Å². The van der Waals surface area contributed by atoms with Crippen LogP contribution in [0, 0.1) is 18.6 Å². The van der Waals surface area contributed by atoms with Crippen molar-refractivity contribution in [2.24, 2.45) is 0 Å². The number of aromatic nitrogens is 1. The normalized spacial score (nSPS) is 12.4. The molecule has 0 aliphatic carbocycles.